The number of carbonyl (C=O) groups excluding carboxylic acids is 2. The molecule has 0 aliphatic carbocycles. The minimum atomic E-state index is -0.652. The zero-order valence-corrected chi connectivity index (χ0v) is 18.2. The van der Waals surface area contributed by atoms with Crippen molar-refractivity contribution in [2.75, 3.05) is 7.11 Å². The first kappa shape index (κ1) is 22.8. The number of benzene rings is 2. The third-order valence-electron chi connectivity index (χ3n) is 3.82. The molecule has 7 nitrogen and oxygen atoms in total. The fourth-order valence-corrected chi connectivity index (χ4v) is 3.70. The molecule has 0 aromatic heterocycles. The second-order valence-corrected chi connectivity index (χ2v) is 7.81. The van der Waals surface area contributed by atoms with Crippen molar-refractivity contribution in [3.05, 3.63) is 74.4 Å². The van der Waals surface area contributed by atoms with Crippen molar-refractivity contribution in [3.63, 3.8) is 0 Å². The average molecular weight is 482 g/mol. The van der Waals surface area contributed by atoms with Crippen molar-refractivity contribution in [1.82, 2.24) is 5.32 Å². The Kier molecular flexibility index (Phi) is 7.67. The van der Waals surface area contributed by atoms with Crippen LogP contribution >= 0.6 is 35.0 Å². The van der Waals surface area contributed by atoms with E-state index in [4.69, 9.17) is 27.9 Å². The number of hydrogen-bond acceptors (Lipinski definition) is 7. The number of rotatable bonds is 6. The van der Waals surface area contributed by atoms with Crippen LogP contribution in [-0.4, -0.2) is 30.4 Å². The molecule has 1 heterocycles. The molecule has 1 fully saturated rings. The summed E-state index contributed by atoms with van der Waals surface area (Å²) in [5.74, 6) is -1.04. The molecule has 0 atom stereocenters. The zero-order valence-electron chi connectivity index (χ0n) is 15.9. The van der Waals surface area contributed by atoms with E-state index in [1.165, 1.54) is 37.6 Å². The van der Waals surface area contributed by atoms with E-state index >= 15 is 0 Å². The minimum absolute atomic E-state index is 0.0985. The molecule has 0 saturated carbocycles. The highest BCUT2D eigenvalue weighted by Crippen LogP contribution is 2.26. The molecule has 1 amide bonds. The number of halogens is 3. The van der Waals surface area contributed by atoms with Crippen LogP contribution in [0, 0.1) is 5.82 Å². The van der Waals surface area contributed by atoms with Gasteiger partial charge >= 0.3 is 5.97 Å². The lowest BCUT2D eigenvalue weighted by molar-refractivity contribution is -0.135. The van der Waals surface area contributed by atoms with E-state index in [0.29, 0.717) is 26.9 Å². The summed E-state index contributed by atoms with van der Waals surface area (Å²) >= 11 is 13.3. The molecule has 1 N–H and O–H groups in total. The summed E-state index contributed by atoms with van der Waals surface area (Å²) in [4.78, 5) is 23.3. The molecule has 0 radical (unpaired) electrons. The summed E-state index contributed by atoms with van der Waals surface area (Å²) in [7, 11) is 1.21. The lowest BCUT2D eigenvalue weighted by Crippen LogP contribution is -2.19. The molecule has 3 rings (SSSR count). The zero-order chi connectivity index (χ0) is 22.4. The number of methoxy groups -OCH3 is 1. The number of esters is 1. The predicted molar refractivity (Wildman–Crippen MR) is 118 cm³/mol. The molecule has 11 heteroatoms. The number of amides is 1. The molecule has 1 aliphatic heterocycles. The third kappa shape index (κ3) is 6.30. The van der Waals surface area contributed by atoms with Gasteiger partial charge in [-0.25, -0.2) is 9.18 Å². The van der Waals surface area contributed by atoms with Crippen LogP contribution in [0.1, 0.15) is 11.1 Å². The van der Waals surface area contributed by atoms with Gasteiger partial charge in [0.15, 0.2) is 5.17 Å². The Morgan fingerprint density at radius 3 is 2.71 bits per heavy atom. The lowest BCUT2D eigenvalue weighted by Gasteiger charge is -2.10. The highest BCUT2D eigenvalue weighted by molar-refractivity contribution is 8.18. The van der Waals surface area contributed by atoms with Crippen molar-refractivity contribution in [2.24, 2.45) is 10.2 Å². The SMILES string of the molecule is COC(=O)/C=C1/S/C(=N\N=Cc2c(Cl)cc(Cl)cc2COc2ccc(F)cc2)NC1=O. The minimum Gasteiger partial charge on any atom is -0.489 e. The Balaban J connectivity index is 1.76. The molecule has 160 valence electrons. The molecule has 0 bridgehead atoms. The molecule has 1 saturated heterocycles. The van der Waals surface area contributed by atoms with Crippen LogP contribution in [0.3, 0.4) is 0 Å². The number of thioether (sulfide) groups is 1. The Bertz CT molecular complexity index is 1100. The molecule has 1 aliphatic rings. The maximum absolute atomic E-state index is 13.0. The monoisotopic (exact) mass is 481 g/mol. The number of carbonyl (C=O) groups is 2. The Morgan fingerprint density at radius 2 is 2.00 bits per heavy atom. The van der Waals surface area contributed by atoms with Crippen molar-refractivity contribution < 1.29 is 23.5 Å². The van der Waals surface area contributed by atoms with Gasteiger partial charge in [0.05, 0.1) is 23.3 Å². The van der Waals surface area contributed by atoms with Gasteiger partial charge in [-0.2, -0.15) is 5.10 Å². The average Bonchev–Trinajstić information content (AvgIpc) is 3.08. The van der Waals surface area contributed by atoms with Gasteiger partial charge in [-0.05, 0) is 48.2 Å². The van der Waals surface area contributed by atoms with Gasteiger partial charge in [0.25, 0.3) is 5.91 Å². The topological polar surface area (TPSA) is 89.3 Å². The summed E-state index contributed by atoms with van der Waals surface area (Å²) in [6.07, 6.45) is 2.46. The largest absolute Gasteiger partial charge is 0.489 e. The van der Waals surface area contributed by atoms with Gasteiger partial charge in [0.2, 0.25) is 0 Å². The van der Waals surface area contributed by atoms with E-state index in [0.717, 1.165) is 17.8 Å². The highest BCUT2D eigenvalue weighted by atomic mass is 35.5. The van der Waals surface area contributed by atoms with Gasteiger partial charge in [0.1, 0.15) is 18.2 Å². The summed E-state index contributed by atoms with van der Waals surface area (Å²) in [6.45, 7) is 0.0985. The van der Waals surface area contributed by atoms with Crippen LogP contribution in [0.15, 0.2) is 57.6 Å². The van der Waals surface area contributed by atoms with Gasteiger partial charge < -0.3 is 9.47 Å². The van der Waals surface area contributed by atoms with Gasteiger partial charge in [-0.3, -0.25) is 10.1 Å². The molecule has 0 unspecified atom stereocenters. The first-order valence-electron chi connectivity index (χ1n) is 8.62. The fraction of sp³-hybridized carbons (Fsp3) is 0.100. The molecular weight excluding hydrogens is 468 g/mol. The third-order valence-corrected chi connectivity index (χ3v) is 5.26. The van der Waals surface area contributed by atoms with E-state index in [-0.39, 0.29) is 22.5 Å². The van der Waals surface area contributed by atoms with E-state index < -0.39 is 11.9 Å². The number of nitrogens with one attached hydrogen (secondary N) is 1. The van der Waals surface area contributed by atoms with Gasteiger partial charge in [-0.15, -0.1) is 5.10 Å². The maximum atomic E-state index is 13.0. The van der Waals surface area contributed by atoms with Crippen LogP contribution in [0.4, 0.5) is 4.39 Å². The predicted octanol–water partition coefficient (Wildman–Crippen LogP) is 4.32. The van der Waals surface area contributed by atoms with E-state index in [1.807, 2.05) is 0 Å². The van der Waals surface area contributed by atoms with Crippen LogP contribution in [0.25, 0.3) is 0 Å². The Hall–Kier alpha value is -2.88. The van der Waals surface area contributed by atoms with E-state index in [1.54, 1.807) is 12.1 Å². The second kappa shape index (κ2) is 10.4. The van der Waals surface area contributed by atoms with Crippen LogP contribution in [0.5, 0.6) is 5.75 Å². The second-order valence-electron chi connectivity index (χ2n) is 5.94. The summed E-state index contributed by atoms with van der Waals surface area (Å²) in [6, 6.07) is 8.78. The van der Waals surface area contributed by atoms with Gasteiger partial charge in [-0.1, -0.05) is 23.2 Å². The van der Waals surface area contributed by atoms with Gasteiger partial charge in [0, 0.05) is 22.2 Å². The smallest absolute Gasteiger partial charge is 0.331 e. The molecule has 2 aromatic rings. The van der Waals surface area contributed by atoms with Crippen LogP contribution in [-0.2, 0) is 20.9 Å². The Labute approximate surface area is 190 Å². The maximum Gasteiger partial charge on any atom is 0.331 e. The molecular formula is C20H14Cl2FN3O4S. The fourth-order valence-electron chi connectivity index (χ4n) is 2.37. The number of hydrogen-bond donors (Lipinski definition) is 1. The number of ether oxygens (including phenoxy) is 2. The molecule has 31 heavy (non-hydrogen) atoms. The lowest BCUT2D eigenvalue weighted by atomic mass is 10.1. The van der Waals surface area contributed by atoms with Crippen molar-refractivity contribution >= 4 is 58.2 Å². The summed E-state index contributed by atoms with van der Waals surface area (Å²) in [5.41, 5.74) is 1.14. The Morgan fingerprint density at radius 1 is 1.26 bits per heavy atom. The number of nitrogens with zero attached hydrogens (tertiary/aromatic N) is 2. The summed E-state index contributed by atoms with van der Waals surface area (Å²) in [5, 5.41) is 11.3. The first-order valence-corrected chi connectivity index (χ1v) is 10.2. The summed E-state index contributed by atoms with van der Waals surface area (Å²) < 4.78 is 23.2. The quantitative estimate of drug-likeness (QED) is 0.287. The van der Waals surface area contributed by atoms with Crippen molar-refractivity contribution in [1.29, 1.82) is 0 Å². The normalized spacial score (nSPS) is 16.2. The molecule has 2 aromatic carbocycles. The van der Waals surface area contributed by atoms with Crippen LogP contribution < -0.4 is 10.1 Å². The highest BCUT2D eigenvalue weighted by Gasteiger charge is 2.25. The standard InChI is InChI=1S/C20H14Cl2FN3O4S/c1-29-18(27)8-17-19(28)25-20(31-17)26-24-9-15-11(6-12(21)7-16(15)22)10-30-14-4-2-13(23)3-5-14/h2-9H,10H2,1H3,(H,25,26,28)/b17-8+,24-9?. The number of amidine groups is 1. The van der Waals surface area contributed by atoms with Crippen molar-refractivity contribution in [2.45, 2.75) is 6.61 Å². The first-order chi connectivity index (χ1) is 14.9. The van der Waals surface area contributed by atoms with E-state index in [2.05, 4.69) is 20.3 Å². The van der Waals surface area contributed by atoms with Crippen LogP contribution in [0.2, 0.25) is 10.0 Å². The van der Waals surface area contributed by atoms with Crippen molar-refractivity contribution in [3.8, 4) is 5.75 Å². The van der Waals surface area contributed by atoms with E-state index in [9.17, 15) is 14.0 Å². The molecule has 0 spiro atoms.